The van der Waals surface area contributed by atoms with Crippen molar-refractivity contribution in [2.24, 2.45) is 0 Å². The Morgan fingerprint density at radius 2 is 2.45 bits per heavy atom. The first-order chi connectivity index (χ1) is 5.33. The lowest BCUT2D eigenvalue weighted by Gasteiger charge is -1.99. The van der Waals surface area contributed by atoms with E-state index in [0.717, 1.165) is 23.6 Å². The molecular formula is C7H10N2OS. The van der Waals surface area contributed by atoms with Gasteiger partial charge in [0.05, 0.1) is 11.3 Å². The fourth-order valence-corrected chi connectivity index (χ4v) is 2.51. The minimum atomic E-state index is 0.104. The fraction of sp³-hybridized carbons (Fsp3) is 0.571. The lowest BCUT2D eigenvalue weighted by atomic mass is 10.3. The van der Waals surface area contributed by atoms with Crippen LogP contribution < -0.4 is 5.56 Å². The van der Waals surface area contributed by atoms with E-state index < -0.39 is 0 Å². The van der Waals surface area contributed by atoms with Crippen molar-refractivity contribution in [1.29, 1.82) is 0 Å². The van der Waals surface area contributed by atoms with Gasteiger partial charge in [-0.1, -0.05) is 0 Å². The number of H-pyrrole nitrogens is 1. The quantitative estimate of drug-likeness (QED) is 0.681. The molecule has 1 aromatic heterocycles. The molecule has 2 rings (SSSR count). The van der Waals surface area contributed by atoms with Crippen molar-refractivity contribution in [1.82, 2.24) is 9.78 Å². The maximum atomic E-state index is 11.2. The molecule has 60 valence electrons. The molecule has 0 saturated carbocycles. The number of aromatic nitrogens is 2. The number of nitrogens with one attached hydrogen (secondary N) is 1. The van der Waals surface area contributed by atoms with Gasteiger partial charge in [-0.05, 0) is 6.92 Å². The van der Waals surface area contributed by atoms with Crippen molar-refractivity contribution in [3.63, 3.8) is 0 Å². The number of aryl methyl sites for hydroxylation is 1. The molecule has 0 radical (unpaired) electrons. The van der Waals surface area contributed by atoms with E-state index >= 15 is 0 Å². The van der Waals surface area contributed by atoms with Crippen molar-refractivity contribution in [2.45, 2.75) is 25.0 Å². The average Bonchev–Trinajstić information content (AvgIpc) is 2.54. The van der Waals surface area contributed by atoms with Crippen LogP contribution in [0.1, 0.15) is 18.2 Å². The van der Waals surface area contributed by atoms with Gasteiger partial charge < -0.3 is 0 Å². The molecule has 1 aliphatic heterocycles. The van der Waals surface area contributed by atoms with E-state index in [1.165, 1.54) is 5.69 Å². The number of hydrogen-bond donors (Lipinski definition) is 1. The van der Waals surface area contributed by atoms with E-state index in [1.807, 2.05) is 23.4 Å². The van der Waals surface area contributed by atoms with Gasteiger partial charge in [-0.25, -0.2) is 0 Å². The Kier molecular flexibility index (Phi) is 1.56. The molecular weight excluding hydrogens is 160 g/mol. The van der Waals surface area contributed by atoms with Crippen LogP contribution in [-0.4, -0.2) is 9.78 Å². The molecule has 3 nitrogen and oxygen atoms in total. The van der Waals surface area contributed by atoms with E-state index in [-0.39, 0.29) is 5.56 Å². The summed E-state index contributed by atoms with van der Waals surface area (Å²) in [7, 11) is 0. The van der Waals surface area contributed by atoms with Crippen LogP contribution in [0.2, 0.25) is 0 Å². The van der Waals surface area contributed by atoms with Crippen LogP contribution in [0, 0.1) is 0 Å². The van der Waals surface area contributed by atoms with E-state index in [4.69, 9.17) is 0 Å². The highest BCUT2D eigenvalue weighted by atomic mass is 32.2. The summed E-state index contributed by atoms with van der Waals surface area (Å²) in [6.45, 7) is 2.91. The Balaban J connectivity index is 2.61. The molecule has 1 N–H and O–H groups in total. The van der Waals surface area contributed by atoms with Crippen molar-refractivity contribution < 1.29 is 0 Å². The summed E-state index contributed by atoms with van der Waals surface area (Å²) in [5.74, 6) is 1.87. The predicted molar refractivity (Wildman–Crippen MR) is 45.7 cm³/mol. The molecule has 0 unspecified atom stereocenters. The fourth-order valence-electron chi connectivity index (χ4n) is 1.39. The summed E-state index contributed by atoms with van der Waals surface area (Å²) in [4.78, 5) is 11.2. The van der Waals surface area contributed by atoms with E-state index in [9.17, 15) is 4.79 Å². The van der Waals surface area contributed by atoms with Gasteiger partial charge in [0.25, 0.3) is 5.56 Å². The van der Waals surface area contributed by atoms with Crippen LogP contribution >= 0.6 is 11.8 Å². The molecule has 0 fully saturated rings. The number of aromatic amines is 1. The summed E-state index contributed by atoms with van der Waals surface area (Å²) >= 11 is 1.81. The molecule has 0 amide bonds. The minimum absolute atomic E-state index is 0.104. The lowest BCUT2D eigenvalue weighted by Crippen LogP contribution is -2.07. The van der Waals surface area contributed by atoms with Gasteiger partial charge in [-0.2, -0.15) is 11.8 Å². The summed E-state index contributed by atoms with van der Waals surface area (Å²) < 4.78 is 1.94. The first kappa shape index (κ1) is 7.03. The third-order valence-electron chi connectivity index (χ3n) is 1.99. The molecule has 4 heteroatoms. The topological polar surface area (TPSA) is 37.8 Å². The normalized spacial score (nSPS) is 15.4. The van der Waals surface area contributed by atoms with E-state index in [2.05, 4.69) is 5.10 Å². The van der Waals surface area contributed by atoms with Gasteiger partial charge in [0.2, 0.25) is 0 Å². The highest BCUT2D eigenvalue weighted by Gasteiger charge is 2.19. The Bertz CT molecular complexity index is 326. The Morgan fingerprint density at radius 1 is 1.64 bits per heavy atom. The number of nitrogens with zero attached hydrogens (tertiary/aromatic N) is 1. The second-order valence-corrected chi connectivity index (χ2v) is 3.59. The van der Waals surface area contributed by atoms with Gasteiger partial charge in [-0.3, -0.25) is 14.6 Å². The Labute approximate surface area is 68.8 Å². The van der Waals surface area contributed by atoms with Crippen LogP contribution in [0.15, 0.2) is 4.79 Å². The predicted octanol–water partition coefficient (Wildman–Crippen LogP) is 0.943. The van der Waals surface area contributed by atoms with Crippen LogP contribution in [0.25, 0.3) is 0 Å². The molecule has 11 heavy (non-hydrogen) atoms. The largest absolute Gasteiger partial charge is 0.288 e. The highest BCUT2D eigenvalue weighted by molar-refractivity contribution is 7.98. The average molecular weight is 170 g/mol. The summed E-state index contributed by atoms with van der Waals surface area (Å²) in [5.41, 5.74) is 2.28. The van der Waals surface area contributed by atoms with Crippen molar-refractivity contribution in [3.05, 3.63) is 21.6 Å². The number of fused-ring (bicyclic) bond motifs is 1. The number of hydrogen-bond acceptors (Lipinski definition) is 2. The maximum absolute atomic E-state index is 11.2. The van der Waals surface area contributed by atoms with Crippen LogP contribution in [-0.2, 0) is 18.1 Å². The summed E-state index contributed by atoms with van der Waals surface area (Å²) in [6.07, 6.45) is 0. The minimum Gasteiger partial charge on any atom is -0.288 e. The zero-order valence-electron chi connectivity index (χ0n) is 6.39. The molecule has 0 saturated heterocycles. The molecule has 0 bridgehead atoms. The van der Waals surface area contributed by atoms with Crippen molar-refractivity contribution in [2.75, 3.05) is 0 Å². The second kappa shape index (κ2) is 2.44. The third-order valence-corrected chi connectivity index (χ3v) is 2.96. The zero-order valence-corrected chi connectivity index (χ0v) is 7.20. The first-order valence-corrected chi connectivity index (χ1v) is 4.86. The number of rotatable bonds is 1. The molecule has 0 aliphatic carbocycles. The van der Waals surface area contributed by atoms with Crippen molar-refractivity contribution >= 4 is 11.8 Å². The standard InChI is InChI=1S/C7H10N2OS/c1-2-9-6-4-11-3-5(6)7(10)8-9/h2-4H2,1H3,(H,8,10). The molecule has 0 spiro atoms. The SMILES string of the molecule is CCn1[nH]c(=O)c2c1CSC2. The molecule has 0 aromatic carbocycles. The molecule has 1 aliphatic rings. The summed E-state index contributed by atoms with van der Waals surface area (Å²) in [6, 6.07) is 0. The van der Waals surface area contributed by atoms with Gasteiger partial charge in [0.1, 0.15) is 0 Å². The first-order valence-electron chi connectivity index (χ1n) is 3.71. The maximum Gasteiger partial charge on any atom is 0.268 e. The smallest absolute Gasteiger partial charge is 0.268 e. The van der Waals surface area contributed by atoms with Gasteiger partial charge in [0.15, 0.2) is 0 Å². The van der Waals surface area contributed by atoms with E-state index in [0.29, 0.717) is 0 Å². The molecule has 0 atom stereocenters. The van der Waals surface area contributed by atoms with Gasteiger partial charge in [0, 0.05) is 18.1 Å². The number of thioether (sulfide) groups is 1. The van der Waals surface area contributed by atoms with Gasteiger partial charge in [-0.15, -0.1) is 0 Å². The Hall–Kier alpha value is -0.640. The monoisotopic (exact) mass is 170 g/mol. The van der Waals surface area contributed by atoms with E-state index in [1.54, 1.807) is 0 Å². The second-order valence-electron chi connectivity index (χ2n) is 2.60. The van der Waals surface area contributed by atoms with Crippen LogP contribution in [0.4, 0.5) is 0 Å². The highest BCUT2D eigenvalue weighted by Crippen LogP contribution is 2.26. The Morgan fingerprint density at radius 3 is 3.18 bits per heavy atom. The molecule has 1 aromatic rings. The van der Waals surface area contributed by atoms with Crippen LogP contribution in [0.3, 0.4) is 0 Å². The zero-order chi connectivity index (χ0) is 7.84. The van der Waals surface area contributed by atoms with Gasteiger partial charge >= 0.3 is 0 Å². The molecule has 2 heterocycles. The summed E-state index contributed by atoms with van der Waals surface area (Å²) in [5, 5.41) is 2.81. The lowest BCUT2D eigenvalue weighted by molar-refractivity contribution is 0.632. The van der Waals surface area contributed by atoms with Crippen LogP contribution in [0.5, 0.6) is 0 Å². The third kappa shape index (κ3) is 0.929. The van der Waals surface area contributed by atoms with Crippen molar-refractivity contribution in [3.8, 4) is 0 Å².